The molecule has 0 spiro atoms. The molecule has 0 saturated carbocycles. The number of carbonyl (C=O) groups excluding carboxylic acids is 1. The van der Waals surface area contributed by atoms with Crippen molar-refractivity contribution in [2.75, 3.05) is 0 Å². The highest BCUT2D eigenvalue weighted by molar-refractivity contribution is 5.95. The summed E-state index contributed by atoms with van der Waals surface area (Å²) in [4.78, 5) is 13.6. The van der Waals surface area contributed by atoms with Crippen LogP contribution in [0.25, 0.3) is 5.57 Å². The maximum absolute atomic E-state index is 13.6. The topological polar surface area (TPSA) is 116 Å². The zero-order valence-electron chi connectivity index (χ0n) is 24.5. The highest BCUT2D eigenvalue weighted by Gasteiger charge is 2.50. The Bertz CT molecular complexity index is 1290. The number of benzene rings is 2. The van der Waals surface area contributed by atoms with Gasteiger partial charge in [0.2, 0.25) is 0 Å². The van der Waals surface area contributed by atoms with Gasteiger partial charge in [-0.25, -0.2) is 4.79 Å². The first-order chi connectivity index (χ1) is 18.9. The number of carbonyl (C=O) groups is 1. The van der Waals surface area contributed by atoms with Crippen LogP contribution in [0, 0.1) is 0 Å². The molecule has 1 aliphatic heterocycles. The Kier molecular flexibility index (Phi) is 8.74. The Labute approximate surface area is 237 Å². The summed E-state index contributed by atoms with van der Waals surface area (Å²) < 4.78 is 12.4. The molecule has 1 aliphatic carbocycles. The van der Waals surface area contributed by atoms with Crippen LogP contribution in [0.1, 0.15) is 113 Å². The summed E-state index contributed by atoms with van der Waals surface area (Å²) in [6, 6.07) is 6.30. The van der Waals surface area contributed by atoms with Gasteiger partial charge in [0, 0.05) is 11.6 Å². The lowest BCUT2D eigenvalue weighted by Gasteiger charge is -2.47. The number of esters is 1. The summed E-state index contributed by atoms with van der Waals surface area (Å²) in [5.41, 5.74) is 1.29. The molecule has 4 rings (SSSR count). The Morgan fingerprint density at radius 3 is 2.30 bits per heavy atom. The van der Waals surface area contributed by atoms with Crippen molar-refractivity contribution in [1.29, 1.82) is 0 Å². The van der Waals surface area contributed by atoms with Crippen molar-refractivity contribution >= 4 is 11.5 Å². The maximum atomic E-state index is 13.6. The minimum atomic E-state index is -1.32. The van der Waals surface area contributed by atoms with E-state index in [-0.39, 0.29) is 22.8 Å². The number of aryl methyl sites for hydroxylation is 2. The van der Waals surface area contributed by atoms with Gasteiger partial charge in [-0.3, -0.25) is 0 Å². The number of rotatable bonds is 10. The van der Waals surface area contributed by atoms with Crippen LogP contribution < -0.4 is 4.74 Å². The quantitative estimate of drug-likeness (QED) is 0.186. The number of aromatic hydroxyl groups is 3. The third-order valence-corrected chi connectivity index (χ3v) is 8.38. The largest absolute Gasteiger partial charge is 0.508 e. The van der Waals surface area contributed by atoms with Crippen molar-refractivity contribution in [3.8, 4) is 23.0 Å². The fraction of sp³-hybridized carbons (Fsp3) is 0.545. The van der Waals surface area contributed by atoms with E-state index in [1.54, 1.807) is 13.0 Å². The van der Waals surface area contributed by atoms with Crippen molar-refractivity contribution in [2.24, 2.45) is 0 Å². The van der Waals surface area contributed by atoms with Gasteiger partial charge in [0.15, 0.2) is 0 Å². The lowest BCUT2D eigenvalue weighted by molar-refractivity contribution is -0.0694. The van der Waals surface area contributed by atoms with Crippen LogP contribution in [-0.4, -0.2) is 43.7 Å². The fourth-order valence-electron chi connectivity index (χ4n) is 6.13. The maximum Gasteiger partial charge on any atom is 0.342 e. The van der Waals surface area contributed by atoms with Gasteiger partial charge in [-0.2, -0.15) is 0 Å². The average Bonchev–Trinajstić information content (AvgIpc) is 2.85. The molecule has 0 aromatic heterocycles. The summed E-state index contributed by atoms with van der Waals surface area (Å²) in [5.74, 6) is -0.673. The Hall–Kier alpha value is -3.19. The molecule has 4 N–H and O–H groups in total. The Morgan fingerprint density at radius 2 is 1.62 bits per heavy atom. The van der Waals surface area contributed by atoms with E-state index >= 15 is 0 Å². The van der Waals surface area contributed by atoms with Gasteiger partial charge in [-0.15, -0.1) is 0 Å². The first-order valence-corrected chi connectivity index (χ1v) is 14.7. The molecule has 218 valence electrons. The van der Waals surface area contributed by atoms with Gasteiger partial charge in [0.1, 0.15) is 45.9 Å². The zero-order valence-corrected chi connectivity index (χ0v) is 24.5. The second kappa shape index (κ2) is 11.7. The minimum absolute atomic E-state index is 0.00869. The number of hydrogen-bond donors (Lipinski definition) is 4. The van der Waals surface area contributed by atoms with E-state index in [0.29, 0.717) is 41.7 Å². The van der Waals surface area contributed by atoms with Gasteiger partial charge in [0.05, 0.1) is 5.56 Å². The standard InChI is InChI=1S/C33H44O7/c1-6-8-10-12-20-16-24(35)29-26(17-20)39-32(3,4)23-14-15-33(5,30(37)28(23)29)40-31(38)27-21(13-11-9-7-2)18-22(34)19-25(27)36/h16-19,30,34-37H,6-15H2,1-5H3. The molecule has 1 heterocycles. The summed E-state index contributed by atoms with van der Waals surface area (Å²) in [6.07, 6.45) is 6.84. The van der Waals surface area contributed by atoms with Crippen LogP contribution in [0.2, 0.25) is 0 Å². The van der Waals surface area contributed by atoms with Gasteiger partial charge in [-0.05, 0) is 94.2 Å². The summed E-state index contributed by atoms with van der Waals surface area (Å²) in [6.45, 7) is 9.81. The van der Waals surface area contributed by atoms with Crippen LogP contribution in [0.3, 0.4) is 0 Å². The number of fused-ring (bicyclic) bond motifs is 2. The Morgan fingerprint density at radius 1 is 0.950 bits per heavy atom. The van der Waals surface area contributed by atoms with Gasteiger partial charge < -0.3 is 29.9 Å². The number of phenols is 3. The summed E-state index contributed by atoms with van der Waals surface area (Å²) >= 11 is 0. The molecule has 7 nitrogen and oxygen atoms in total. The lowest BCUT2D eigenvalue weighted by Crippen LogP contribution is -2.50. The van der Waals surface area contributed by atoms with E-state index < -0.39 is 23.3 Å². The average molecular weight is 553 g/mol. The normalized spacial score (nSPS) is 21.4. The molecular weight excluding hydrogens is 508 g/mol. The molecule has 2 aliphatic rings. The van der Waals surface area contributed by atoms with E-state index in [2.05, 4.69) is 13.8 Å². The van der Waals surface area contributed by atoms with Crippen LogP contribution >= 0.6 is 0 Å². The zero-order chi connectivity index (χ0) is 29.2. The minimum Gasteiger partial charge on any atom is -0.508 e. The summed E-state index contributed by atoms with van der Waals surface area (Å²) in [5, 5.41) is 43.7. The molecule has 2 unspecified atom stereocenters. The predicted molar refractivity (Wildman–Crippen MR) is 155 cm³/mol. The van der Waals surface area contributed by atoms with E-state index in [4.69, 9.17) is 9.47 Å². The summed E-state index contributed by atoms with van der Waals surface area (Å²) in [7, 11) is 0. The van der Waals surface area contributed by atoms with E-state index in [9.17, 15) is 25.2 Å². The van der Waals surface area contributed by atoms with E-state index in [1.165, 1.54) is 6.07 Å². The first kappa shape index (κ1) is 29.8. The monoisotopic (exact) mass is 552 g/mol. The molecule has 0 saturated heterocycles. The highest BCUT2D eigenvalue weighted by Crippen LogP contribution is 2.53. The number of aliphatic hydroxyl groups excluding tert-OH is 1. The van der Waals surface area contributed by atoms with E-state index in [0.717, 1.165) is 62.1 Å². The van der Waals surface area contributed by atoms with Crippen molar-refractivity contribution in [3.05, 3.63) is 52.1 Å². The molecule has 2 atom stereocenters. The first-order valence-electron chi connectivity index (χ1n) is 14.7. The van der Waals surface area contributed by atoms with Crippen molar-refractivity contribution < 1.29 is 34.7 Å². The highest BCUT2D eigenvalue weighted by atomic mass is 16.6. The van der Waals surface area contributed by atoms with Crippen molar-refractivity contribution in [3.63, 3.8) is 0 Å². The SMILES string of the molecule is CCCCCc1cc(O)c2c(c1)OC(C)(C)C1=C2C(O)C(C)(OC(=O)c2c(O)cc(O)cc2CCCCC)CC1. The number of aliphatic hydroxyl groups is 1. The number of unbranched alkanes of at least 4 members (excludes halogenated alkanes) is 4. The number of ether oxygens (including phenoxy) is 2. The van der Waals surface area contributed by atoms with Crippen molar-refractivity contribution in [1.82, 2.24) is 0 Å². The molecule has 40 heavy (non-hydrogen) atoms. The van der Waals surface area contributed by atoms with Gasteiger partial charge >= 0.3 is 5.97 Å². The molecule has 0 bridgehead atoms. The molecule has 2 aromatic rings. The van der Waals surface area contributed by atoms with Crippen LogP contribution in [-0.2, 0) is 17.6 Å². The smallest absolute Gasteiger partial charge is 0.342 e. The third-order valence-electron chi connectivity index (χ3n) is 8.38. The van der Waals surface area contributed by atoms with Gasteiger partial charge in [-0.1, -0.05) is 39.5 Å². The molecule has 0 radical (unpaired) electrons. The lowest BCUT2D eigenvalue weighted by atomic mass is 9.70. The molecule has 7 heteroatoms. The van der Waals surface area contributed by atoms with Crippen LogP contribution in [0.5, 0.6) is 23.0 Å². The fourth-order valence-corrected chi connectivity index (χ4v) is 6.13. The third kappa shape index (κ3) is 5.80. The second-order valence-corrected chi connectivity index (χ2v) is 12.0. The molecule has 0 fully saturated rings. The predicted octanol–water partition coefficient (Wildman–Crippen LogP) is 6.96. The van der Waals surface area contributed by atoms with Gasteiger partial charge in [0.25, 0.3) is 0 Å². The van der Waals surface area contributed by atoms with E-state index in [1.807, 2.05) is 19.9 Å². The molecular formula is C33H44O7. The molecule has 0 amide bonds. The van der Waals surface area contributed by atoms with Crippen LogP contribution in [0.15, 0.2) is 29.8 Å². The number of hydrogen-bond acceptors (Lipinski definition) is 7. The number of phenolic OH excluding ortho intramolecular Hbond substituents is 3. The van der Waals surface area contributed by atoms with Crippen molar-refractivity contribution in [2.45, 2.75) is 116 Å². The second-order valence-electron chi connectivity index (χ2n) is 12.0. The van der Waals surface area contributed by atoms with Crippen LogP contribution in [0.4, 0.5) is 0 Å². The Balaban J connectivity index is 1.68. The molecule has 2 aromatic carbocycles.